The Hall–Kier alpha value is -0.760. The van der Waals surface area contributed by atoms with Crippen LogP contribution in [0.3, 0.4) is 0 Å². The molecule has 4 heteroatoms. The molecule has 1 N–H and O–H groups in total. The Kier molecular flexibility index (Phi) is 2.40. The SMILES string of the molecule is CC1=C(C#N)C(c2cccs2)NS1. The number of hydrogen-bond acceptors (Lipinski definition) is 4. The summed E-state index contributed by atoms with van der Waals surface area (Å²) in [6.45, 7) is 1.98. The smallest absolute Gasteiger partial charge is 0.0976 e. The van der Waals surface area contributed by atoms with Gasteiger partial charge in [0.25, 0.3) is 0 Å². The zero-order valence-electron chi connectivity index (χ0n) is 7.07. The van der Waals surface area contributed by atoms with E-state index in [9.17, 15) is 0 Å². The summed E-state index contributed by atoms with van der Waals surface area (Å²) in [5.74, 6) is 0. The summed E-state index contributed by atoms with van der Waals surface area (Å²) in [4.78, 5) is 2.29. The molecule has 0 radical (unpaired) electrons. The number of thiophene rings is 1. The highest BCUT2D eigenvalue weighted by atomic mass is 32.2. The predicted octanol–water partition coefficient (Wildman–Crippen LogP) is 2.84. The Morgan fingerprint density at radius 3 is 3.08 bits per heavy atom. The van der Waals surface area contributed by atoms with Crippen LogP contribution in [0.2, 0.25) is 0 Å². The Labute approximate surface area is 85.4 Å². The monoisotopic (exact) mass is 208 g/mol. The number of nitriles is 1. The van der Waals surface area contributed by atoms with Gasteiger partial charge in [0, 0.05) is 9.78 Å². The maximum atomic E-state index is 8.95. The topological polar surface area (TPSA) is 35.8 Å². The number of nitrogens with zero attached hydrogens (tertiary/aromatic N) is 1. The van der Waals surface area contributed by atoms with Gasteiger partial charge in [0.05, 0.1) is 17.7 Å². The molecule has 0 bridgehead atoms. The second-order valence-corrected chi connectivity index (χ2v) is 4.78. The standard InChI is InChI=1S/C9H8N2S2/c1-6-7(5-10)9(11-13-6)8-3-2-4-12-8/h2-4,9,11H,1H3. The van der Waals surface area contributed by atoms with E-state index < -0.39 is 0 Å². The molecule has 2 nitrogen and oxygen atoms in total. The van der Waals surface area contributed by atoms with Crippen molar-refractivity contribution in [3.63, 3.8) is 0 Å². The van der Waals surface area contributed by atoms with Crippen molar-refractivity contribution in [2.45, 2.75) is 13.0 Å². The molecular formula is C9H8N2S2. The fraction of sp³-hybridized carbons (Fsp3) is 0.222. The fourth-order valence-electron chi connectivity index (χ4n) is 1.26. The van der Waals surface area contributed by atoms with Crippen LogP contribution in [0.5, 0.6) is 0 Å². The average molecular weight is 208 g/mol. The van der Waals surface area contributed by atoms with Crippen LogP contribution >= 0.6 is 23.3 Å². The largest absolute Gasteiger partial charge is 0.247 e. The highest BCUT2D eigenvalue weighted by Gasteiger charge is 2.25. The molecule has 0 aromatic carbocycles. The van der Waals surface area contributed by atoms with Gasteiger partial charge in [0.1, 0.15) is 0 Å². The first kappa shape index (κ1) is 8.82. The first-order valence-electron chi connectivity index (χ1n) is 3.89. The molecule has 0 spiro atoms. The Morgan fingerprint density at radius 2 is 2.46 bits per heavy atom. The molecule has 0 amide bonds. The lowest BCUT2D eigenvalue weighted by Crippen LogP contribution is -2.08. The van der Waals surface area contributed by atoms with Crippen LogP contribution < -0.4 is 4.72 Å². The molecule has 2 rings (SSSR count). The lowest BCUT2D eigenvalue weighted by Gasteiger charge is -2.06. The van der Waals surface area contributed by atoms with E-state index in [0.717, 1.165) is 10.5 Å². The first-order valence-corrected chi connectivity index (χ1v) is 5.59. The first-order chi connectivity index (χ1) is 6.33. The highest BCUT2D eigenvalue weighted by molar-refractivity contribution is 8.01. The molecule has 1 aliphatic rings. The maximum Gasteiger partial charge on any atom is 0.0976 e. The number of hydrogen-bond donors (Lipinski definition) is 1. The summed E-state index contributed by atoms with van der Waals surface area (Å²) in [5.41, 5.74) is 0.854. The van der Waals surface area contributed by atoms with E-state index in [1.807, 2.05) is 18.4 Å². The molecule has 2 heterocycles. The van der Waals surface area contributed by atoms with E-state index >= 15 is 0 Å². The van der Waals surface area contributed by atoms with Crippen LogP contribution in [-0.2, 0) is 0 Å². The van der Waals surface area contributed by atoms with Crippen molar-refractivity contribution >= 4 is 23.3 Å². The molecule has 0 fully saturated rings. The van der Waals surface area contributed by atoms with Crippen LogP contribution in [0.25, 0.3) is 0 Å². The minimum Gasteiger partial charge on any atom is -0.247 e. The average Bonchev–Trinajstić information content (AvgIpc) is 2.71. The number of allylic oxidation sites excluding steroid dienone is 1. The van der Waals surface area contributed by atoms with Gasteiger partial charge in [-0.25, -0.2) is 4.72 Å². The van der Waals surface area contributed by atoms with E-state index in [-0.39, 0.29) is 6.04 Å². The van der Waals surface area contributed by atoms with Gasteiger partial charge in [-0.1, -0.05) is 6.07 Å². The molecule has 1 aromatic heterocycles. The molecular weight excluding hydrogens is 200 g/mol. The van der Waals surface area contributed by atoms with Crippen molar-refractivity contribution in [3.8, 4) is 6.07 Å². The quantitative estimate of drug-likeness (QED) is 0.721. The summed E-state index contributed by atoms with van der Waals surface area (Å²) in [5, 5.41) is 11.0. The number of nitrogens with one attached hydrogen (secondary N) is 1. The molecule has 13 heavy (non-hydrogen) atoms. The molecule has 66 valence electrons. The van der Waals surface area contributed by atoms with Crippen LogP contribution in [0.15, 0.2) is 28.0 Å². The van der Waals surface area contributed by atoms with Crippen LogP contribution in [0.4, 0.5) is 0 Å². The summed E-state index contributed by atoms with van der Waals surface area (Å²) in [6, 6.07) is 6.42. The van der Waals surface area contributed by atoms with E-state index in [1.165, 1.54) is 4.88 Å². The van der Waals surface area contributed by atoms with Gasteiger partial charge in [0.2, 0.25) is 0 Å². The van der Waals surface area contributed by atoms with Gasteiger partial charge in [-0.15, -0.1) is 11.3 Å². The Balaban J connectivity index is 2.34. The fourth-order valence-corrected chi connectivity index (χ4v) is 2.94. The Morgan fingerprint density at radius 1 is 1.62 bits per heavy atom. The predicted molar refractivity (Wildman–Crippen MR) is 56.1 cm³/mol. The number of rotatable bonds is 1. The molecule has 0 aliphatic carbocycles. The van der Waals surface area contributed by atoms with Gasteiger partial charge < -0.3 is 0 Å². The van der Waals surface area contributed by atoms with Gasteiger partial charge >= 0.3 is 0 Å². The summed E-state index contributed by atoms with van der Waals surface area (Å²) in [6.07, 6.45) is 0. The van der Waals surface area contributed by atoms with Gasteiger partial charge in [0.15, 0.2) is 0 Å². The molecule has 0 saturated heterocycles. The second kappa shape index (κ2) is 3.54. The lowest BCUT2D eigenvalue weighted by molar-refractivity contribution is 0.841. The zero-order valence-corrected chi connectivity index (χ0v) is 8.71. The van der Waals surface area contributed by atoms with Gasteiger partial charge in [-0.3, -0.25) is 0 Å². The van der Waals surface area contributed by atoms with Crippen LogP contribution in [0, 0.1) is 11.3 Å². The summed E-state index contributed by atoms with van der Waals surface area (Å²) in [7, 11) is 0. The van der Waals surface area contributed by atoms with E-state index in [1.54, 1.807) is 23.3 Å². The maximum absolute atomic E-state index is 8.95. The molecule has 0 saturated carbocycles. The minimum absolute atomic E-state index is 0.106. The van der Waals surface area contributed by atoms with Crippen molar-refractivity contribution in [2.24, 2.45) is 0 Å². The molecule has 1 unspecified atom stereocenters. The third kappa shape index (κ3) is 1.51. The molecule has 1 aromatic rings. The highest BCUT2D eigenvalue weighted by Crippen LogP contribution is 2.38. The summed E-state index contributed by atoms with van der Waals surface area (Å²) >= 11 is 3.23. The Bertz CT molecular complexity index is 373. The van der Waals surface area contributed by atoms with Crippen molar-refractivity contribution in [2.75, 3.05) is 0 Å². The minimum atomic E-state index is 0.106. The normalized spacial score (nSPS) is 22.0. The van der Waals surface area contributed by atoms with E-state index in [0.29, 0.717) is 0 Å². The van der Waals surface area contributed by atoms with E-state index in [2.05, 4.69) is 16.9 Å². The summed E-state index contributed by atoms with van der Waals surface area (Å²) < 4.78 is 3.24. The zero-order chi connectivity index (χ0) is 9.26. The molecule has 1 atom stereocenters. The van der Waals surface area contributed by atoms with Crippen molar-refractivity contribution in [1.82, 2.24) is 4.72 Å². The van der Waals surface area contributed by atoms with Crippen molar-refractivity contribution < 1.29 is 0 Å². The van der Waals surface area contributed by atoms with Crippen molar-refractivity contribution in [1.29, 1.82) is 5.26 Å². The van der Waals surface area contributed by atoms with E-state index in [4.69, 9.17) is 5.26 Å². The van der Waals surface area contributed by atoms with Crippen LogP contribution in [-0.4, -0.2) is 0 Å². The van der Waals surface area contributed by atoms with Gasteiger partial charge in [-0.05, 0) is 30.3 Å². The second-order valence-electron chi connectivity index (χ2n) is 2.75. The van der Waals surface area contributed by atoms with Gasteiger partial charge in [-0.2, -0.15) is 5.26 Å². The van der Waals surface area contributed by atoms with Crippen molar-refractivity contribution in [3.05, 3.63) is 32.9 Å². The third-order valence-corrected chi connectivity index (χ3v) is 3.76. The molecule has 1 aliphatic heterocycles. The van der Waals surface area contributed by atoms with Crippen LogP contribution in [0.1, 0.15) is 17.8 Å². The third-order valence-electron chi connectivity index (χ3n) is 1.95. The lowest BCUT2D eigenvalue weighted by atomic mass is 10.1.